The molecule has 0 atom stereocenters. The van der Waals surface area contributed by atoms with Crippen LogP contribution in [0.3, 0.4) is 0 Å². The van der Waals surface area contributed by atoms with Crippen LogP contribution in [0, 0.1) is 0 Å². The SMILES string of the molecule is CCCCOC(=O)c1nc(OC)ccc1C=O. The van der Waals surface area contributed by atoms with Crippen molar-refractivity contribution in [1.82, 2.24) is 4.98 Å². The molecular weight excluding hydrogens is 222 g/mol. The minimum Gasteiger partial charge on any atom is -0.481 e. The monoisotopic (exact) mass is 237 g/mol. The summed E-state index contributed by atoms with van der Waals surface area (Å²) in [5, 5.41) is 0. The van der Waals surface area contributed by atoms with Crippen molar-refractivity contribution in [3.05, 3.63) is 23.4 Å². The van der Waals surface area contributed by atoms with Crippen molar-refractivity contribution in [2.75, 3.05) is 13.7 Å². The summed E-state index contributed by atoms with van der Waals surface area (Å²) in [6.07, 6.45) is 2.29. The van der Waals surface area contributed by atoms with Crippen molar-refractivity contribution in [3.63, 3.8) is 0 Å². The highest BCUT2D eigenvalue weighted by Crippen LogP contribution is 2.12. The minimum absolute atomic E-state index is 0.00421. The van der Waals surface area contributed by atoms with Crippen LogP contribution >= 0.6 is 0 Å². The van der Waals surface area contributed by atoms with E-state index in [1.165, 1.54) is 19.2 Å². The number of aromatic nitrogens is 1. The summed E-state index contributed by atoms with van der Waals surface area (Å²) in [5.74, 6) is -0.322. The number of nitrogens with zero attached hydrogens (tertiary/aromatic N) is 1. The van der Waals surface area contributed by atoms with Gasteiger partial charge in [-0.25, -0.2) is 9.78 Å². The Hall–Kier alpha value is -1.91. The maximum absolute atomic E-state index is 11.7. The fourth-order valence-corrected chi connectivity index (χ4v) is 1.20. The fourth-order valence-electron chi connectivity index (χ4n) is 1.20. The maximum atomic E-state index is 11.7. The van der Waals surface area contributed by atoms with Gasteiger partial charge in [0.05, 0.1) is 13.7 Å². The van der Waals surface area contributed by atoms with Gasteiger partial charge in [0.25, 0.3) is 0 Å². The van der Waals surface area contributed by atoms with E-state index in [4.69, 9.17) is 9.47 Å². The van der Waals surface area contributed by atoms with E-state index >= 15 is 0 Å². The molecular formula is C12H15NO4. The van der Waals surface area contributed by atoms with Crippen LogP contribution in [0.4, 0.5) is 0 Å². The fraction of sp³-hybridized carbons (Fsp3) is 0.417. The first-order valence-corrected chi connectivity index (χ1v) is 5.40. The van der Waals surface area contributed by atoms with Gasteiger partial charge < -0.3 is 9.47 Å². The topological polar surface area (TPSA) is 65.5 Å². The number of hydrogen-bond donors (Lipinski definition) is 0. The highest BCUT2D eigenvalue weighted by Gasteiger charge is 2.15. The number of unbranched alkanes of at least 4 members (excludes halogenated alkanes) is 1. The normalized spacial score (nSPS) is 9.76. The molecule has 0 saturated heterocycles. The lowest BCUT2D eigenvalue weighted by Gasteiger charge is -2.06. The molecule has 0 aliphatic heterocycles. The van der Waals surface area contributed by atoms with E-state index in [0.717, 1.165) is 12.8 Å². The van der Waals surface area contributed by atoms with Gasteiger partial charge in [-0.05, 0) is 12.5 Å². The Kier molecular flexibility index (Phi) is 5.13. The number of carbonyl (C=O) groups is 2. The Morgan fingerprint density at radius 1 is 1.47 bits per heavy atom. The molecule has 0 fully saturated rings. The molecule has 5 heteroatoms. The van der Waals surface area contributed by atoms with Gasteiger partial charge in [-0.3, -0.25) is 4.79 Å². The number of methoxy groups -OCH3 is 1. The summed E-state index contributed by atoms with van der Waals surface area (Å²) < 4.78 is 9.89. The van der Waals surface area contributed by atoms with Crippen molar-refractivity contribution in [3.8, 4) is 5.88 Å². The Bertz CT molecular complexity index is 403. The Morgan fingerprint density at radius 3 is 2.82 bits per heavy atom. The highest BCUT2D eigenvalue weighted by molar-refractivity contribution is 5.96. The van der Waals surface area contributed by atoms with Gasteiger partial charge in [0.15, 0.2) is 12.0 Å². The molecule has 0 spiro atoms. The molecule has 0 aliphatic rings. The van der Waals surface area contributed by atoms with Crippen molar-refractivity contribution in [2.45, 2.75) is 19.8 Å². The smallest absolute Gasteiger partial charge is 0.357 e. The van der Waals surface area contributed by atoms with Gasteiger partial charge in [-0.2, -0.15) is 0 Å². The summed E-state index contributed by atoms with van der Waals surface area (Å²) in [6, 6.07) is 3.00. The van der Waals surface area contributed by atoms with Crippen LogP contribution in [-0.4, -0.2) is 31.0 Å². The Labute approximate surface area is 99.8 Å². The Balaban J connectivity index is 2.85. The molecule has 0 unspecified atom stereocenters. The standard InChI is InChI=1S/C12H15NO4/c1-3-4-7-17-12(15)11-9(8-14)5-6-10(13-11)16-2/h5-6,8H,3-4,7H2,1-2H3. The van der Waals surface area contributed by atoms with E-state index in [1.54, 1.807) is 0 Å². The van der Waals surface area contributed by atoms with Crippen LogP contribution in [0.15, 0.2) is 12.1 Å². The van der Waals surface area contributed by atoms with Gasteiger partial charge in [0.1, 0.15) is 0 Å². The van der Waals surface area contributed by atoms with Crippen LogP contribution in [0.2, 0.25) is 0 Å². The van der Waals surface area contributed by atoms with Crippen LogP contribution in [0.5, 0.6) is 5.88 Å². The first kappa shape index (κ1) is 13.2. The number of pyridine rings is 1. The van der Waals surface area contributed by atoms with E-state index in [2.05, 4.69) is 4.98 Å². The second-order valence-corrected chi connectivity index (χ2v) is 3.40. The molecule has 5 nitrogen and oxygen atoms in total. The summed E-state index contributed by atoms with van der Waals surface area (Å²) in [5.41, 5.74) is 0.197. The Morgan fingerprint density at radius 2 is 2.24 bits per heavy atom. The molecule has 1 heterocycles. The van der Waals surface area contributed by atoms with Gasteiger partial charge >= 0.3 is 5.97 Å². The summed E-state index contributed by atoms with van der Waals surface area (Å²) in [7, 11) is 1.44. The molecule has 1 rings (SSSR count). The van der Waals surface area contributed by atoms with Crippen LogP contribution < -0.4 is 4.74 Å². The molecule has 0 saturated carbocycles. The van der Waals surface area contributed by atoms with E-state index < -0.39 is 5.97 Å². The van der Waals surface area contributed by atoms with E-state index in [0.29, 0.717) is 12.9 Å². The predicted molar refractivity (Wildman–Crippen MR) is 61.4 cm³/mol. The molecule has 0 bridgehead atoms. The van der Waals surface area contributed by atoms with Gasteiger partial charge in [-0.1, -0.05) is 13.3 Å². The zero-order valence-corrected chi connectivity index (χ0v) is 9.93. The molecule has 0 N–H and O–H groups in total. The quantitative estimate of drug-likeness (QED) is 0.429. The van der Waals surface area contributed by atoms with E-state index in [9.17, 15) is 9.59 Å². The molecule has 0 aliphatic carbocycles. The zero-order chi connectivity index (χ0) is 12.7. The number of carbonyl (C=O) groups excluding carboxylic acids is 2. The zero-order valence-electron chi connectivity index (χ0n) is 9.93. The first-order chi connectivity index (χ1) is 8.22. The lowest BCUT2D eigenvalue weighted by molar-refractivity contribution is 0.0489. The van der Waals surface area contributed by atoms with Crippen molar-refractivity contribution in [2.24, 2.45) is 0 Å². The summed E-state index contributed by atoms with van der Waals surface area (Å²) >= 11 is 0. The largest absolute Gasteiger partial charge is 0.481 e. The van der Waals surface area contributed by atoms with E-state index in [-0.39, 0.29) is 17.1 Å². The first-order valence-electron chi connectivity index (χ1n) is 5.40. The van der Waals surface area contributed by atoms with Crippen molar-refractivity contribution >= 4 is 12.3 Å². The lowest BCUT2D eigenvalue weighted by atomic mass is 10.2. The number of ether oxygens (including phenoxy) is 2. The molecule has 0 aromatic carbocycles. The summed E-state index contributed by atoms with van der Waals surface area (Å²) in [4.78, 5) is 26.4. The number of aldehydes is 1. The second-order valence-electron chi connectivity index (χ2n) is 3.40. The summed E-state index contributed by atoms with van der Waals surface area (Å²) in [6.45, 7) is 2.32. The van der Waals surface area contributed by atoms with Gasteiger partial charge in [-0.15, -0.1) is 0 Å². The lowest BCUT2D eigenvalue weighted by Crippen LogP contribution is -2.12. The third-order valence-corrected chi connectivity index (χ3v) is 2.16. The number of hydrogen-bond acceptors (Lipinski definition) is 5. The average molecular weight is 237 g/mol. The van der Waals surface area contributed by atoms with Crippen LogP contribution in [0.1, 0.15) is 40.6 Å². The predicted octanol–water partition coefficient (Wildman–Crippen LogP) is 1.86. The third kappa shape index (κ3) is 3.55. The molecule has 0 radical (unpaired) electrons. The number of esters is 1. The molecule has 0 amide bonds. The van der Waals surface area contributed by atoms with Crippen molar-refractivity contribution in [1.29, 1.82) is 0 Å². The van der Waals surface area contributed by atoms with Gasteiger partial charge in [0.2, 0.25) is 5.88 Å². The molecule has 1 aromatic heterocycles. The maximum Gasteiger partial charge on any atom is 0.357 e. The highest BCUT2D eigenvalue weighted by atomic mass is 16.5. The molecule has 92 valence electrons. The molecule has 1 aromatic rings. The third-order valence-electron chi connectivity index (χ3n) is 2.16. The van der Waals surface area contributed by atoms with Crippen LogP contribution in [-0.2, 0) is 4.74 Å². The van der Waals surface area contributed by atoms with Crippen LogP contribution in [0.25, 0.3) is 0 Å². The van der Waals surface area contributed by atoms with E-state index in [1.807, 2.05) is 6.92 Å². The average Bonchev–Trinajstić information content (AvgIpc) is 2.38. The number of rotatable bonds is 6. The molecule has 17 heavy (non-hydrogen) atoms. The minimum atomic E-state index is -0.598. The van der Waals surface area contributed by atoms with Gasteiger partial charge in [0, 0.05) is 11.6 Å². The van der Waals surface area contributed by atoms with Crippen molar-refractivity contribution < 1.29 is 19.1 Å². The second kappa shape index (κ2) is 6.62.